The van der Waals surface area contributed by atoms with Crippen LogP contribution >= 0.6 is 0 Å². The van der Waals surface area contributed by atoms with Gasteiger partial charge in [-0.25, -0.2) is 4.79 Å². The monoisotopic (exact) mass is 131 g/mol. The Morgan fingerprint density at radius 2 is 2.56 bits per heavy atom. The Morgan fingerprint density at radius 3 is 2.67 bits per heavy atom. The van der Waals surface area contributed by atoms with E-state index in [1.165, 1.54) is 0 Å². The number of hydrogen-bond donors (Lipinski definition) is 1. The molecule has 1 saturated heterocycles. The van der Waals surface area contributed by atoms with E-state index in [4.69, 9.17) is 5.11 Å². The molecule has 1 aliphatic rings. The van der Waals surface area contributed by atoms with E-state index in [1.54, 1.807) is 0 Å². The van der Waals surface area contributed by atoms with Crippen molar-refractivity contribution in [3.05, 3.63) is 0 Å². The SMILES string of the molecule is CN1CCC1OC(=O)O. The maximum Gasteiger partial charge on any atom is 0.507 e. The summed E-state index contributed by atoms with van der Waals surface area (Å²) in [6.45, 7) is 0.929. The smallest absolute Gasteiger partial charge is 0.450 e. The lowest BCUT2D eigenvalue weighted by atomic mass is 10.2. The van der Waals surface area contributed by atoms with E-state index in [0.717, 1.165) is 13.0 Å². The van der Waals surface area contributed by atoms with E-state index in [0.29, 0.717) is 0 Å². The first-order valence-electron chi connectivity index (χ1n) is 2.80. The standard InChI is InChI=1S/C5H9NO3/c1-6-3-2-4(6)9-5(7)8/h4H,2-3H2,1H3,(H,7,8). The van der Waals surface area contributed by atoms with Crippen LogP contribution in [0.3, 0.4) is 0 Å². The first-order chi connectivity index (χ1) is 4.20. The van der Waals surface area contributed by atoms with Crippen LogP contribution in [0, 0.1) is 0 Å². The van der Waals surface area contributed by atoms with Crippen LogP contribution in [0.25, 0.3) is 0 Å². The Labute approximate surface area is 53.0 Å². The highest BCUT2D eigenvalue weighted by atomic mass is 16.7. The molecule has 4 heteroatoms. The average molecular weight is 131 g/mol. The van der Waals surface area contributed by atoms with Crippen LogP contribution in [-0.2, 0) is 4.74 Å². The van der Waals surface area contributed by atoms with E-state index < -0.39 is 6.16 Å². The fourth-order valence-corrected chi connectivity index (χ4v) is 0.758. The molecule has 0 aromatic carbocycles. The molecular weight excluding hydrogens is 122 g/mol. The van der Waals surface area contributed by atoms with Gasteiger partial charge in [0.15, 0.2) is 6.23 Å². The molecule has 1 unspecified atom stereocenters. The molecule has 52 valence electrons. The molecule has 1 rings (SSSR count). The van der Waals surface area contributed by atoms with Gasteiger partial charge >= 0.3 is 6.16 Å². The van der Waals surface area contributed by atoms with Crippen molar-refractivity contribution in [2.24, 2.45) is 0 Å². The molecule has 0 bridgehead atoms. The summed E-state index contributed by atoms with van der Waals surface area (Å²) in [5.41, 5.74) is 0. The van der Waals surface area contributed by atoms with Gasteiger partial charge < -0.3 is 9.84 Å². The first kappa shape index (κ1) is 6.35. The van der Waals surface area contributed by atoms with Crippen LogP contribution in [-0.4, -0.2) is 36.0 Å². The van der Waals surface area contributed by atoms with Crippen molar-refractivity contribution in [1.82, 2.24) is 4.90 Å². The summed E-state index contributed by atoms with van der Waals surface area (Å²) in [7, 11) is 1.83. The van der Waals surface area contributed by atoms with Gasteiger partial charge in [-0.1, -0.05) is 0 Å². The molecule has 0 amide bonds. The summed E-state index contributed by atoms with van der Waals surface area (Å²) in [4.78, 5) is 11.7. The Hall–Kier alpha value is -0.770. The van der Waals surface area contributed by atoms with Gasteiger partial charge in [-0.3, -0.25) is 4.90 Å². The number of carboxylic acid groups (broad SMARTS) is 1. The normalized spacial score (nSPS) is 27.0. The van der Waals surface area contributed by atoms with Gasteiger partial charge in [0.05, 0.1) is 0 Å². The lowest BCUT2D eigenvalue weighted by Gasteiger charge is -2.35. The molecule has 0 radical (unpaired) electrons. The van der Waals surface area contributed by atoms with Gasteiger partial charge in [-0.05, 0) is 7.05 Å². The van der Waals surface area contributed by atoms with Crippen LogP contribution in [0.1, 0.15) is 6.42 Å². The summed E-state index contributed by atoms with van der Waals surface area (Å²) in [6, 6.07) is 0. The third-order valence-electron chi connectivity index (χ3n) is 1.46. The van der Waals surface area contributed by atoms with E-state index in [9.17, 15) is 4.79 Å². The molecule has 0 saturated carbocycles. The van der Waals surface area contributed by atoms with Crippen LogP contribution in [0.2, 0.25) is 0 Å². The molecule has 4 nitrogen and oxygen atoms in total. The zero-order chi connectivity index (χ0) is 6.85. The second-order valence-corrected chi connectivity index (χ2v) is 2.11. The van der Waals surface area contributed by atoms with Crippen LogP contribution < -0.4 is 0 Å². The van der Waals surface area contributed by atoms with Crippen molar-refractivity contribution in [3.63, 3.8) is 0 Å². The van der Waals surface area contributed by atoms with Gasteiger partial charge in [-0.15, -0.1) is 0 Å². The fourth-order valence-electron chi connectivity index (χ4n) is 0.758. The zero-order valence-corrected chi connectivity index (χ0v) is 5.20. The summed E-state index contributed by atoms with van der Waals surface area (Å²) in [5.74, 6) is 0. The van der Waals surface area contributed by atoms with Gasteiger partial charge in [0.2, 0.25) is 0 Å². The summed E-state index contributed by atoms with van der Waals surface area (Å²) in [6.07, 6.45) is -0.558. The number of ether oxygens (including phenoxy) is 1. The van der Waals surface area contributed by atoms with Crippen molar-refractivity contribution in [2.45, 2.75) is 12.6 Å². The van der Waals surface area contributed by atoms with Gasteiger partial charge in [0.25, 0.3) is 0 Å². The lowest BCUT2D eigenvalue weighted by Crippen LogP contribution is -2.47. The van der Waals surface area contributed by atoms with E-state index in [2.05, 4.69) is 4.74 Å². The Balaban J connectivity index is 2.21. The Bertz CT molecular complexity index is 125. The highest BCUT2D eigenvalue weighted by molar-refractivity contribution is 5.57. The van der Waals surface area contributed by atoms with E-state index in [1.807, 2.05) is 11.9 Å². The van der Waals surface area contributed by atoms with Crippen LogP contribution in [0.5, 0.6) is 0 Å². The second-order valence-electron chi connectivity index (χ2n) is 2.11. The fraction of sp³-hybridized carbons (Fsp3) is 0.800. The van der Waals surface area contributed by atoms with Gasteiger partial charge in [-0.2, -0.15) is 0 Å². The highest BCUT2D eigenvalue weighted by Crippen LogP contribution is 2.14. The van der Waals surface area contributed by atoms with Gasteiger partial charge in [0, 0.05) is 13.0 Å². The zero-order valence-electron chi connectivity index (χ0n) is 5.20. The Kier molecular flexibility index (Phi) is 1.57. The molecule has 1 heterocycles. The molecule has 1 N–H and O–H groups in total. The number of nitrogens with zero attached hydrogens (tertiary/aromatic N) is 1. The molecule has 0 spiro atoms. The number of carbonyl (C=O) groups is 1. The number of likely N-dealkylation sites (tertiary alicyclic amines) is 1. The van der Waals surface area contributed by atoms with Crippen LogP contribution in [0.4, 0.5) is 4.79 Å². The lowest BCUT2D eigenvalue weighted by molar-refractivity contribution is -0.0812. The average Bonchev–Trinajstić information content (AvgIpc) is 1.79. The molecule has 0 aromatic rings. The summed E-state index contributed by atoms with van der Waals surface area (Å²) < 4.78 is 4.44. The largest absolute Gasteiger partial charge is 0.507 e. The second kappa shape index (κ2) is 2.23. The summed E-state index contributed by atoms with van der Waals surface area (Å²) in [5, 5.41) is 8.12. The number of hydrogen-bond acceptors (Lipinski definition) is 3. The van der Waals surface area contributed by atoms with Crippen molar-refractivity contribution in [3.8, 4) is 0 Å². The molecule has 0 aromatic heterocycles. The topological polar surface area (TPSA) is 49.8 Å². The van der Waals surface area contributed by atoms with E-state index in [-0.39, 0.29) is 6.23 Å². The third-order valence-corrected chi connectivity index (χ3v) is 1.46. The van der Waals surface area contributed by atoms with Gasteiger partial charge in [0.1, 0.15) is 0 Å². The van der Waals surface area contributed by atoms with Crippen molar-refractivity contribution >= 4 is 6.16 Å². The first-order valence-corrected chi connectivity index (χ1v) is 2.80. The maximum atomic E-state index is 9.90. The van der Waals surface area contributed by atoms with Crippen molar-refractivity contribution in [1.29, 1.82) is 0 Å². The quantitative estimate of drug-likeness (QED) is 0.521. The van der Waals surface area contributed by atoms with E-state index >= 15 is 0 Å². The predicted octanol–water partition coefficient (Wildman–Crippen LogP) is 0.343. The third kappa shape index (κ3) is 1.32. The number of rotatable bonds is 1. The molecular formula is C5H9NO3. The van der Waals surface area contributed by atoms with Crippen LogP contribution in [0.15, 0.2) is 0 Å². The van der Waals surface area contributed by atoms with Crippen molar-refractivity contribution < 1.29 is 14.6 Å². The minimum absolute atomic E-state index is 0.192. The minimum Gasteiger partial charge on any atom is -0.450 e. The minimum atomic E-state index is -1.19. The molecule has 0 aliphatic carbocycles. The molecule has 1 atom stereocenters. The predicted molar refractivity (Wildman–Crippen MR) is 30.1 cm³/mol. The Morgan fingerprint density at radius 1 is 1.89 bits per heavy atom. The molecule has 1 aliphatic heterocycles. The highest BCUT2D eigenvalue weighted by Gasteiger charge is 2.27. The van der Waals surface area contributed by atoms with Crippen molar-refractivity contribution in [2.75, 3.05) is 13.6 Å². The maximum absolute atomic E-state index is 9.90. The molecule has 1 fully saturated rings. The molecule has 9 heavy (non-hydrogen) atoms. The summed E-state index contributed by atoms with van der Waals surface area (Å²) >= 11 is 0.